The van der Waals surface area contributed by atoms with Crippen LogP contribution in [0.2, 0.25) is 0 Å². The van der Waals surface area contributed by atoms with Gasteiger partial charge in [0.1, 0.15) is 11.0 Å². The van der Waals surface area contributed by atoms with Crippen LogP contribution in [0.15, 0.2) is 94.3 Å². The Morgan fingerprint density at radius 2 is 1.82 bits per heavy atom. The first-order valence-electron chi connectivity index (χ1n) is 17.3. The highest BCUT2D eigenvalue weighted by Gasteiger charge is 2.53. The van der Waals surface area contributed by atoms with Gasteiger partial charge in [-0.15, -0.1) is 0 Å². The number of hydrogen-bond donors (Lipinski definition) is 2. The summed E-state index contributed by atoms with van der Waals surface area (Å²) >= 11 is 0. The highest BCUT2D eigenvalue weighted by Crippen LogP contribution is 2.52. The molecule has 1 aliphatic carbocycles. The van der Waals surface area contributed by atoms with Crippen LogP contribution in [-0.2, 0) is 26.5 Å². The fourth-order valence-electron chi connectivity index (χ4n) is 8.57. The molecule has 3 aromatic rings. The van der Waals surface area contributed by atoms with Crippen molar-refractivity contribution < 1.29 is 17.9 Å². The topological polar surface area (TPSA) is 135 Å². The van der Waals surface area contributed by atoms with Crippen LogP contribution in [0.1, 0.15) is 37.7 Å². The van der Waals surface area contributed by atoms with Crippen LogP contribution in [0.5, 0.6) is 0 Å². The van der Waals surface area contributed by atoms with Crippen molar-refractivity contribution in [1.29, 1.82) is 0 Å². The number of nitrogens with one attached hydrogen (secondary N) is 1. The highest BCUT2D eigenvalue weighted by atomic mass is 32.2. The van der Waals surface area contributed by atoms with E-state index in [2.05, 4.69) is 66.2 Å². The van der Waals surface area contributed by atoms with Crippen molar-refractivity contribution in [3.05, 3.63) is 90.0 Å². The summed E-state index contributed by atoms with van der Waals surface area (Å²) in [5.41, 5.74) is 7.69. The number of hydrogen-bond acceptors (Lipinski definition) is 9. The molecule has 0 radical (unpaired) electrons. The van der Waals surface area contributed by atoms with Crippen molar-refractivity contribution in [2.75, 3.05) is 51.7 Å². The molecule has 3 heterocycles. The summed E-state index contributed by atoms with van der Waals surface area (Å²) in [7, 11) is -0.560. The fraction of sp³-hybridized carbons (Fsp3) is 0.486. The van der Waals surface area contributed by atoms with Crippen LogP contribution in [0.4, 0.5) is 10.5 Å². The molecule has 3 N–H and O–H groups in total. The molecule has 262 valence electrons. The SMILES string of the molecule is CN=CC(=CN)S(=O)(=O)c1ccc(N2CC(CN3CCC(C(Cn4ccnc4)(c4ccccc4)[C@@H]4CCC[C@H]4OC(=O)NC)CC3)C2)cc1. The molecule has 2 aliphatic heterocycles. The van der Waals surface area contributed by atoms with E-state index in [-0.39, 0.29) is 33.3 Å². The molecule has 1 amide bonds. The molecular formula is C37H49N7O4S. The molecule has 0 bridgehead atoms. The predicted octanol–water partition coefficient (Wildman–Crippen LogP) is 4.47. The molecule has 3 atom stereocenters. The number of alkyl carbamates (subject to hydrolysis) is 1. The van der Waals surface area contributed by atoms with Gasteiger partial charge in [-0.05, 0) is 80.9 Å². The molecule has 1 aromatic heterocycles. The van der Waals surface area contributed by atoms with Crippen molar-refractivity contribution in [3.8, 4) is 0 Å². The van der Waals surface area contributed by atoms with Gasteiger partial charge in [-0.2, -0.15) is 0 Å². The average molecular weight is 688 g/mol. The van der Waals surface area contributed by atoms with Gasteiger partial charge in [0.05, 0.1) is 11.2 Å². The lowest BCUT2D eigenvalue weighted by Gasteiger charge is -2.51. The van der Waals surface area contributed by atoms with E-state index in [0.29, 0.717) is 11.8 Å². The summed E-state index contributed by atoms with van der Waals surface area (Å²) in [5.74, 6) is 1.17. The van der Waals surface area contributed by atoms with Gasteiger partial charge < -0.3 is 30.2 Å². The second kappa shape index (κ2) is 15.2. The quantitative estimate of drug-likeness (QED) is 0.267. The van der Waals surface area contributed by atoms with Crippen LogP contribution >= 0.6 is 0 Å². The fourth-order valence-corrected chi connectivity index (χ4v) is 9.76. The van der Waals surface area contributed by atoms with Gasteiger partial charge in [-0.1, -0.05) is 30.3 Å². The number of ether oxygens (including phenoxy) is 1. The van der Waals surface area contributed by atoms with Crippen molar-refractivity contribution in [3.63, 3.8) is 0 Å². The van der Waals surface area contributed by atoms with Crippen molar-refractivity contribution >= 4 is 27.8 Å². The average Bonchev–Trinajstić information content (AvgIpc) is 3.80. The Labute approximate surface area is 290 Å². The summed E-state index contributed by atoms with van der Waals surface area (Å²) < 4.78 is 34.1. The van der Waals surface area contributed by atoms with E-state index in [1.54, 1.807) is 19.2 Å². The van der Waals surface area contributed by atoms with E-state index >= 15 is 0 Å². The van der Waals surface area contributed by atoms with E-state index in [4.69, 9.17) is 10.5 Å². The Morgan fingerprint density at radius 1 is 1.08 bits per heavy atom. The summed E-state index contributed by atoms with van der Waals surface area (Å²) in [6.07, 6.45) is 12.8. The highest BCUT2D eigenvalue weighted by molar-refractivity contribution is 7.96. The molecule has 2 saturated heterocycles. The standard InChI is InChI=1S/C37H49N7O4S/c1-39-22-33(21-38)49(46,47)32-13-11-31(12-14-32)44-24-28(25-44)23-42-18-15-30(16-19-42)37(26-43-20-17-41-27-43,29-7-4-3-5-8-29)34-9-6-10-35(34)48-36(45)40-2/h3-5,7-8,11-14,17,20-22,27-28,30,34-35H,6,9-10,15-16,18-19,23-26,38H2,1-2H3,(H,40,45)/t34-,35-,37?/m1/s1. The molecule has 0 spiro atoms. The van der Waals surface area contributed by atoms with Gasteiger partial charge >= 0.3 is 6.09 Å². The Morgan fingerprint density at radius 3 is 2.45 bits per heavy atom. The monoisotopic (exact) mass is 687 g/mol. The molecule has 1 saturated carbocycles. The number of likely N-dealkylation sites (tertiary alicyclic amines) is 1. The molecule has 3 aliphatic rings. The van der Waals surface area contributed by atoms with Gasteiger partial charge in [-0.3, -0.25) is 4.99 Å². The number of nitrogens with zero attached hydrogens (tertiary/aromatic N) is 5. The Kier molecular flexibility index (Phi) is 10.7. The Hall–Kier alpha value is -4.16. The van der Waals surface area contributed by atoms with E-state index in [9.17, 15) is 13.2 Å². The van der Waals surface area contributed by atoms with Crippen LogP contribution in [-0.4, -0.2) is 88.1 Å². The maximum Gasteiger partial charge on any atom is 0.407 e. The number of imidazole rings is 1. The summed E-state index contributed by atoms with van der Waals surface area (Å²) in [6, 6.07) is 18.0. The van der Waals surface area contributed by atoms with E-state index < -0.39 is 9.84 Å². The number of sulfone groups is 1. The zero-order chi connectivity index (χ0) is 34.4. The molecule has 11 nitrogen and oxygen atoms in total. The van der Waals surface area contributed by atoms with E-state index in [1.807, 2.05) is 24.7 Å². The van der Waals surface area contributed by atoms with Crippen LogP contribution in [0.25, 0.3) is 0 Å². The lowest BCUT2D eigenvalue weighted by molar-refractivity contribution is 0.00203. The van der Waals surface area contributed by atoms with Crippen molar-refractivity contribution in [1.82, 2.24) is 19.8 Å². The lowest BCUT2D eigenvalue weighted by Crippen LogP contribution is -2.55. The second-order valence-corrected chi connectivity index (χ2v) is 15.6. The van der Waals surface area contributed by atoms with Gasteiger partial charge in [0.25, 0.3) is 0 Å². The number of amides is 1. The van der Waals surface area contributed by atoms with Crippen molar-refractivity contribution in [2.24, 2.45) is 28.5 Å². The minimum absolute atomic E-state index is 0.0152. The number of allylic oxidation sites excluding steroid dienone is 1. The van der Waals surface area contributed by atoms with Crippen LogP contribution < -0.4 is 16.0 Å². The number of nitrogens with two attached hydrogens (primary N) is 1. The number of carbonyl (C=O) groups is 1. The number of rotatable bonds is 12. The third-order valence-electron chi connectivity index (χ3n) is 10.9. The molecular weight excluding hydrogens is 639 g/mol. The third-order valence-corrected chi connectivity index (χ3v) is 12.7. The van der Waals surface area contributed by atoms with Gasteiger partial charge in [-0.25, -0.2) is 18.2 Å². The summed E-state index contributed by atoms with van der Waals surface area (Å²) in [4.78, 5) is 25.8. The number of piperidine rings is 1. The number of aromatic nitrogens is 2. The molecule has 1 unspecified atom stereocenters. The Balaban J connectivity index is 1.12. The molecule has 2 aromatic carbocycles. The summed E-state index contributed by atoms with van der Waals surface area (Å²) in [6.45, 7) is 5.78. The minimum Gasteiger partial charge on any atom is -0.446 e. The van der Waals surface area contributed by atoms with E-state index in [0.717, 1.165) is 83.3 Å². The van der Waals surface area contributed by atoms with Gasteiger partial charge in [0.15, 0.2) is 0 Å². The second-order valence-electron chi connectivity index (χ2n) is 13.7. The van der Waals surface area contributed by atoms with E-state index in [1.165, 1.54) is 18.8 Å². The lowest BCUT2D eigenvalue weighted by atomic mass is 9.58. The zero-order valence-corrected chi connectivity index (χ0v) is 29.3. The predicted molar refractivity (Wildman–Crippen MR) is 192 cm³/mol. The first-order valence-corrected chi connectivity index (χ1v) is 18.8. The number of anilines is 1. The normalized spacial score (nSPS) is 22.6. The molecule has 12 heteroatoms. The van der Waals surface area contributed by atoms with Crippen LogP contribution in [0, 0.1) is 17.8 Å². The largest absolute Gasteiger partial charge is 0.446 e. The summed E-state index contributed by atoms with van der Waals surface area (Å²) in [5, 5.41) is 2.67. The first kappa shape index (κ1) is 34.7. The van der Waals surface area contributed by atoms with Crippen molar-refractivity contribution in [2.45, 2.75) is 55.1 Å². The van der Waals surface area contributed by atoms with Crippen LogP contribution in [0.3, 0.4) is 0 Å². The minimum atomic E-state index is -3.71. The van der Waals surface area contributed by atoms with Gasteiger partial charge in [0.2, 0.25) is 9.84 Å². The maximum atomic E-state index is 12.9. The number of aliphatic imine (C=N–C) groups is 1. The molecule has 3 fully saturated rings. The third kappa shape index (κ3) is 7.26. The van der Waals surface area contributed by atoms with Gasteiger partial charge in [0, 0.05) is 88.0 Å². The first-order chi connectivity index (χ1) is 23.8. The molecule has 6 rings (SSSR count). The Bertz CT molecular complexity index is 1700. The number of benzene rings is 2. The zero-order valence-electron chi connectivity index (χ0n) is 28.5. The maximum absolute atomic E-state index is 12.9. The smallest absolute Gasteiger partial charge is 0.407 e. The number of carbonyl (C=O) groups excluding carboxylic acids is 1. The molecule has 49 heavy (non-hydrogen) atoms.